The number of pyridine rings is 1. The van der Waals surface area contributed by atoms with Crippen LogP contribution in [-0.2, 0) is 11.2 Å². The van der Waals surface area contributed by atoms with Crippen LogP contribution in [0.15, 0.2) is 48.8 Å². The third-order valence-corrected chi connectivity index (χ3v) is 2.60. The van der Waals surface area contributed by atoms with Crippen molar-refractivity contribution >= 4 is 5.97 Å². The van der Waals surface area contributed by atoms with E-state index in [1.807, 2.05) is 36.4 Å². The molecule has 86 valence electrons. The van der Waals surface area contributed by atoms with Crippen molar-refractivity contribution in [2.45, 2.75) is 12.8 Å². The molecule has 0 atom stereocenters. The fourth-order valence-corrected chi connectivity index (χ4v) is 1.77. The molecule has 17 heavy (non-hydrogen) atoms. The van der Waals surface area contributed by atoms with Crippen molar-refractivity contribution in [3.63, 3.8) is 0 Å². The van der Waals surface area contributed by atoms with Gasteiger partial charge in [-0.2, -0.15) is 0 Å². The zero-order valence-electron chi connectivity index (χ0n) is 9.34. The Labute approximate surface area is 99.8 Å². The smallest absolute Gasteiger partial charge is 0.303 e. The Kier molecular flexibility index (Phi) is 3.50. The van der Waals surface area contributed by atoms with E-state index in [2.05, 4.69) is 4.98 Å². The van der Waals surface area contributed by atoms with Gasteiger partial charge in [-0.25, -0.2) is 0 Å². The van der Waals surface area contributed by atoms with E-state index >= 15 is 0 Å². The minimum Gasteiger partial charge on any atom is -0.481 e. The average molecular weight is 227 g/mol. The Hall–Kier alpha value is -2.16. The lowest BCUT2D eigenvalue weighted by molar-refractivity contribution is -0.136. The maximum Gasteiger partial charge on any atom is 0.303 e. The molecule has 0 spiro atoms. The second-order valence-electron chi connectivity index (χ2n) is 3.79. The largest absolute Gasteiger partial charge is 0.481 e. The molecule has 1 heterocycles. The van der Waals surface area contributed by atoms with Crippen molar-refractivity contribution in [2.24, 2.45) is 0 Å². The summed E-state index contributed by atoms with van der Waals surface area (Å²) in [6.07, 6.45) is 4.11. The average Bonchev–Trinajstić information content (AvgIpc) is 2.38. The summed E-state index contributed by atoms with van der Waals surface area (Å²) in [5, 5.41) is 8.72. The lowest BCUT2D eigenvalue weighted by atomic mass is 9.99. The van der Waals surface area contributed by atoms with Crippen LogP contribution in [0.25, 0.3) is 11.1 Å². The summed E-state index contributed by atoms with van der Waals surface area (Å²) >= 11 is 0. The van der Waals surface area contributed by atoms with Gasteiger partial charge in [0.2, 0.25) is 0 Å². The number of carbonyl (C=O) groups is 1. The molecule has 0 unspecified atom stereocenters. The fourth-order valence-electron chi connectivity index (χ4n) is 1.77. The van der Waals surface area contributed by atoms with Gasteiger partial charge in [-0.15, -0.1) is 0 Å². The first-order valence-corrected chi connectivity index (χ1v) is 5.47. The molecule has 0 saturated heterocycles. The molecule has 3 heteroatoms. The molecular weight excluding hydrogens is 214 g/mol. The quantitative estimate of drug-likeness (QED) is 0.873. The van der Waals surface area contributed by atoms with Crippen LogP contribution in [0, 0.1) is 0 Å². The Bertz CT molecular complexity index is 509. The highest BCUT2D eigenvalue weighted by atomic mass is 16.4. The number of nitrogens with zero attached hydrogens (tertiary/aromatic N) is 1. The van der Waals surface area contributed by atoms with Crippen molar-refractivity contribution in [1.29, 1.82) is 0 Å². The van der Waals surface area contributed by atoms with Gasteiger partial charge in [0.05, 0.1) is 0 Å². The summed E-state index contributed by atoms with van der Waals surface area (Å²) in [7, 11) is 0. The van der Waals surface area contributed by atoms with Crippen molar-refractivity contribution in [3.8, 4) is 11.1 Å². The van der Waals surface area contributed by atoms with E-state index in [9.17, 15) is 4.79 Å². The molecule has 2 rings (SSSR count). The topological polar surface area (TPSA) is 50.2 Å². The number of hydrogen-bond acceptors (Lipinski definition) is 2. The second kappa shape index (κ2) is 5.25. The highest BCUT2D eigenvalue weighted by Gasteiger charge is 2.06. The number of carboxylic acids is 1. The van der Waals surface area contributed by atoms with E-state index in [1.54, 1.807) is 12.4 Å². The number of aryl methyl sites for hydroxylation is 1. The minimum atomic E-state index is -0.784. The number of carboxylic acid groups (broad SMARTS) is 1. The van der Waals surface area contributed by atoms with Crippen molar-refractivity contribution in [1.82, 2.24) is 4.98 Å². The number of rotatable bonds is 4. The van der Waals surface area contributed by atoms with Crippen LogP contribution in [0.4, 0.5) is 0 Å². The SMILES string of the molecule is O=C(O)CCc1cnccc1-c1ccccc1. The number of benzene rings is 1. The summed E-state index contributed by atoms with van der Waals surface area (Å²) in [5.41, 5.74) is 3.12. The molecule has 2 aromatic rings. The number of hydrogen-bond donors (Lipinski definition) is 1. The Morgan fingerprint density at radius 3 is 2.65 bits per heavy atom. The predicted molar refractivity (Wildman–Crippen MR) is 65.6 cm³/mol. The molecule has 0 saturated carbocycles. The highest BCUT2D eigenvalue weighted by molar-refractivity contribution is 5.70. The Balaban J connectivity index is 2.31. The molecule has 0 amide bonds. The van der Waals surface area contributed by atoms with Crippen LogP contribution in [0.1, 0.15) is 12.0 Å². The minimum absolute atomic E-state index is 0.130. The summed E-state index contributed by atoms with van der Waals surface area (Å²) in [6.45, 7) is 0. The first-order chi connectivity index (χ1) is 8.27. The molecule has 1 aromatic carbocycles. The first kappa shape index (κ1) is 11.3. The monoisotopic (exact) mass is 227 g/mol. The van der Waals surface area contributed by atoms with Gasteiger partial charge in [-0.05, 0) is 29.2 Å². The normalized spacial score (nSPS) is 10.1. The summed E-state index contributed by atoms with van der Waals surface area (Å²) in [6, 6.07) is 11.8. The lowest BCUT2D eigenvalue weighted by Crippen LogP contribution is -1.99. The first-order valence-electron chi connectivity index (χ1n) is 5.47. The van der Waals surface area contributed by atoms with E-state index < -0.39 is 5.97 Å². The standard InChI is InChI=1S/C14H13NO2/c16-14(17)7-6-12-10-15-9-8-13(12)11-4-2-1-3-5-11/h1-5,8-10H,6-7H2,(H,16,17). The third-order valence-electron chi connectivity index (χ3n) is 2.60. The van der Waals surface area contributed by atoms with Crippen LogP contribution < -0.4 is 0 Å². The van der Waals surface area contributed by atoms with Gasteiger partial charge in [0, 0.05) is 18.8 Å². The molecule has 3 nitrogen and oxygen atoms in total. The number of aliphatic carboxylic acids is 1. The fraction of sp³-hybridized carbons (Fsp3) is 0.143. The van der Waals surface area contributed by atoms with Crippen LogP contribution >= 0.6 is 0 Å². The second-order valence-corrected chi connectivity index (χ2v) is 3.79. The van der Waals surface area contributed by atoms with Crippen LogP contribution in [0.2, 0.25) is 0 Å². The van der Waals surface area contributed by atoms with Gasteiger partial charge in [-0.3, -0.25) is 9.78 Å². The molecule has 1 aromatic heterocycles. The maximum atomic E-state index is 10.6. The van der Waals surface area contributed by atoms with Gasteiger partial charge in [0.25, 0.3) is 0 Å². The van der Waals surface area contributed by atoms with E-state index in [4.69, 9.17) is 5.11 Å². The van der Waals surface area contributed by atoms with Crippen molar-refractivity contribution in [3.05, 3.63) is 54.4 Å². The molecule has 0 aliphatic heterocycles. The van der Waals surface area contributed by atoms with E-state index in [1.165, 1.54) is 0 Å². The van der Waals surface area contributed by atoms with Gasteiger partial charge in [0.15, 0.2) is 0 Å². The van der Waals surface area contributed by atoms with Crippen LogP contribution in [-0.4, -0.2) is 16.1 Å². The Morgan fingerprint density at radius 2 is 1.94 bits per heavy atom. The van der Waals surface area contributed by atoms with Crippen molar-refractivity contribution in [2.75, 3.05) is 0 Å². The molecular formula is C14H13NO2. The molecule has 0 radical (unpaired) electrons. The molecule has 0 bridgehead atoms. The van der Waals surface area contributed by atoms with Gasteiger partial charge in [0.1, 0.15) is 0 Å². The van der Waals surface area contributed by atoms with Gasteiger partial charge in [-0.1, -0.05) is 30.3 Å². The summed E-state index contributed by atoms with van der Waals surface area (Å²) in [4.78, 5) is 14.7. The number of aromatic nitrogens is 1. The predicted octanol–water partition coefficient (Wildman–Crippen LogP) is 2.77. The third kappa shape index (κ3) is 2.91. The van der Waals surface area contributed by atoms with E-state index in [-0.39, 0.29) is 6.42 Å². The van der Waals surface area contributed by atoms with Gasteiger partial charge < -0.3 is 5.11 Å². The van der Waals surface area contributed by atoms with E-state index in [0.29, 0.717) is 6.42 Å². The maximum absolute atomic E-state index is 10.6. The summed E-state index contributed by atoms with van der Waals surface area (Å²) in [5.74, 6) is -0.784. The van der Waals surface area contributed by atoms with Crippen LogP contribution in [0.3, 0.4) is 0 Å². The van der Waals surface area contributed by atoms with Crippen LogP contribution in [0.5, 0.6) is 0 Å². The molecule has 0 fully saturated rings. The zero-order valence-corrected chi connectivity index (χ0v) is 9.34. The Morgan fingerprint density at radius 1 is 1.18 bits per heavy atom. The van der Waals surface area contributed by atoms with Crippen molar-refractivity contribution < 1.29 is 9.90 Å². The zero-order chi connectivity index (χ0) is 12.1. The lowest BCUT2D eigenvalue weighted by Gasteiger charge is -2.07. The molecule has 0 aliphatic rings. The van der Waals surface area contributed by atoms with E-state index in [0.717, 1.165) is 16.7 Å². The summed E-state index contributed by atoms with van der Waals surface area (Å²) < 4.78 is 0. The highest BCUT2D eigenvalue weighted by Crippen LogP contribution is 2.23. The van der Waals surface area contributed by atoms with Gasteiger partial charge >= 0.3 is 5.97 Å². The molecule has 0 aliphatic carbocycles. The molecule has 1 N–H and O–H groups in total.